The lowest BCUT2D eigenvalue weighted by atomic mass is 10.1. The fourth-order valence-corrected chi connectivity index (χ4v) is 2.68. The summed E-state index contributed by atoms with van der Waals surface area (Å²) < 4.78 is 0. The molecule has 0 bridgehead atoms. The Bertz CT molecular complexity index is 634. The van der Waals surface area contributed by atoms with Gasteiger partial charge in [0.15, 0.2) is 0 Å². The standard InChI is InChI=1S/C17H18ClN3O/c18-13-4-6-14(7-5-13)20-15-8-9-16(19-12-15)17(22)21-10-2-1-3-11-21/h4-9,12,20H,1-3,10-11H2. The summed E-state index contributed by atoms with van der Waals surface area (Å²) in [6.07, 6.45) is 5.07. The van der Waals surface area contributed by atoms with Gasteiger partial charge in [-0.15, -0.1) is 0 Å². The summed E-state index contributed by atoms with van der Waals surface area (Å²) >= 11 is 5.86. The highest BCUT2D eigenvalue weighted by atomic mass is 35.5. The van der Waals surface area contributed by atoms with Crippen molar-refractivity contribution in [2.24, 2.45) is 0 Å². The number of benzene rings is 1. The molecule has 2 heterocycles. The Kier molecular flexibility index (Phi) is 4.59. The monoisotopic (exact) mass is 315 g/mol. The Morgan fingerprint density at radius 2 is 1.68 bits per heavy atom. The highest BCUT2D eigenvalue weighted by molar-refractivity contribution is 6.30. The maximum atomic E-state index is 12.3. The van der Waals surface area contributed by atoms with Gasteiger partial charge in [0.05, 0.1) is 11.9 Å². The molecule has 2 aromatic rings. The second-order valence-corrected chi connectivity index (χ2v) is 5.85. The van der Waals surface area contributed by atoms with Gasteiger partial charge in [-0.3, -0.25) is 4.79 Å². The molecule has 3 rings (SSSR count). The number of carbonyl (C=O) groups is 1. The molecule has 1 aliphatic rings. The third kappa shape index (κ3) is 3.57. The third-order valence-electron chi connectivity index (χ3n) is 3.76. The molecule has 0 radical (unpaired) electrons. The Hall–Kier alpha value is -2.07. The number of halogens is 1. The van der Waals surface area contributed by atoms with Crippen LogP contribution >= 0.6 is 11.6 Å². The predicted octanol–water partition coefficient (Wildman–Crippen LogP) is 4.10. The lowest BCUT2D eigenvalue weighted by molar-refractivity contribution is 0.0718. The minimum absolute atomic E-state index is 0.0257. The molecular formula is C17H18ClN3O. The summed E-state index contributed by atoms with van der Waals surface area (Å²) in [5.74, 6) is 0.0257. The fourth-order valence-electron chi connectivity index (χ4n) is 2.55. The largest absolute Gasteiger partial charge is 0.354 e. The number of likely N-dealkylation sites (tertiary alicyclic amines) is 1. The fraction of sp³-hybridized carbons (Fsp3) is 0.294. The van der Waals surface area contributed by atoms with Gasteiger partial charge in [-0.05, 0) is 55.7 Å². The van der Waals surface area contributed by atoms with Crippen molar-refractivity contribution in [1.82, 2.24) is 9.88 Å². The van der Waals surface area contributed by atoms with Crippen molar-refractivity contribution in [2.45, 2.75) is 19.3 Å². The lowest BCUT2D eigenvalue weighted by Crippen LogP contribution is -2.36. The van der Waals surface area contributed by atoms with E-state index in [1.165, 1.54) is 6.42 Å². The van der Waals surface area contributed by atoms with Gasteiger partial charge in [-0.2, -0.15) is 0 Å². The van der Waals surface area contributed by atoms with Gasteiger partial charge in [-0.25, -0.2) is 4.98 Å². The Morgan fingerprint density at radius 3 is 2.32 bits per heavy atom. The molecule has 0 aliphatic carbocycles. The van der Waals surface area contributed by atoms with Crippen LogP contribution in [0.15, 0.2) is 42.6 Å². The van der Waals surface area contributed by atoms with Crippen LogP contribution in [0.5, 0.6) is 0 Å². The van der Waals surface area contributed by atoms with Crippen LogP contribution in [0.25, 0.3) is 0 Å². The van der Waals surface area contributed by atoms with E-state index in [0.29, 0.717) is 10.7 Å². The number of hydrogen-bond acceptors (Lipinski definition) is 3. The van der Waals surface area contributed by atoms with Crippen molar-refractivity contribution in [1.29, 1.82) is 0 Å². The molecule has 1 amide bonds. The maximum Gasteiger partial charge on any atom is 0.272 e. The second-order valence-electron chi connectivity index (χ2n) is 5.42. The molecule has 0 saturated carbocycles. The quantitative estimate of drug-likeness (QED) is 0.927. The van der Waals surface area contributed by atoms with Crippen molar-refractivity contribution in [3.63, 3.8) is 0 Å². The molecule has 22 heavy (non-hydrogen) atoms. The van der Waals surface area contributed by atoms with E-state index in [9.17, 15) is 4.79 Å². The van der Waals surface area contributed by atoms with Crippen LogP contribution in [0.4, 0.5) is 11.4 Å². The number of rotatable bonds is 3. The zero-order chi connectivity index (χ0) is 15.4. The van der Waals surface area contributed by atoms with Gasteiger partial charge in [0, 0.05) is 23.8 Å². The minimum atomic E-state index is 0.0257. The summed E-state index contributed by atoms with van der Waals surface area (Å²) in [5, 5.41) is 3.93. The molecule has 1 saturated heterocycles. The van der Waals surface area contributed by atoms with Crippen molar-refractivity contribution < 1.29 is 4.79 Å². The first-order valence-corrected chi connectivity index (χ1v) is 7.88. The molecule has 1 aromatic carbocycles. The molecule has 0 spiro atoms. The average Bonchev–Trinajstić information content (AvgIpc) is 2.58. The van der Waals surface area contributed by atoms with Gasteiger partial charge in [0.25, 0.3) is 5.91 Å². The number of hydrogen-bond donors (Lipinski definition) is 1. The van der Waals surface area contributed by atoms with Gasteiger partial charge in [0.2, 0.25) is 0 Å². The highest BCUT2D eigenvalue weighted by Crippen LogP contribution is 2.19. The van der Waals surface area contributed by atoms with Crippen LogP contribution in [0.2, 0.25) is 5.02 Å². The smallest absolute Gasteiger partial charge is 0.272 e. The molecule has 114 valence electrons. The number of nitrogens with one attached hydrogen (secondary N) is 1. The van der Waals surface area contributed by atoms with E-state index < -0.39 is 0 Å². The van der Waals surface area contributed by atoms with Gasteiger partial charge in [0.1, 0.15) is 5.69 Å². The van der Waals surface area contributed by atoms with Crippen molar-refractivity contribution in [3.8, 4) is 0 Å². The molecule has 0 unspecified atom stereocenters. The molecule has 1 N–H and O–H groups in total. The predicted molar refractivity (Wildman–Crippen MR) is 88.7 cm³/mol. The van der Waals surface area contributed by atoms with Crippen LogP contribution in [0.1, 0.15) is 29.8 Å². The maximum absolute atomic E-state index is 12.3. The van der Waals surface area contributed by atoms with E-state index in [4.69, 9.17) is 11.6 Å². The van der Waals surface area contributed by atoms with Crippen molar-refractivity contribution >= 4 is 28.9 Å². The SMILES string of the molecule is O=C(c1ccc(Nc2ccc(Cl)cc2)cn1)N1CCCCC1. The summed E-state index contributed by atoms with van der Waals surface area (Å²) in [7, 11) is 0. The zero-order valence-electron chi connectivity index (χ0n) is 12.3. The van der Waals surface area contributed by atoms with Crippen molar-refractivity contribution in [3.05, 3.63) is 53.3 Å². The van der Waals surface area contributed by atoms with Crippen LogP contribution in [-0.4, -0.2) is 28.9 Å². The zero-order valence-corrected chi connectivity index (χ0v) is 13.0. The number of pyridine rings is 1. The van der Waals surface area contributed by atoms with E-state index in [-0.39, 0.29) is 5.91 Å². The highest BCUT2D eigenvalue weighted by Gasteiger charge is 2.18. The first-order chi connectivity index (χ1) is 10.7. The molecule has 1 fully saturated rings. The van der Waals surface area contributed by atoms with Crippen LogP contribution in [-0.2, 0) is 0 Å². The molecule has 0 atom stereocenters. The topological polar surface area (TPSA) is 45.2 Å². The van der Waals surface area contributed by atoms with Crippen LogP contribution in [0.3, 0.4) is 0 Å². The number of piperidine rings is 1. The summed E-state index contributed by atoms with van der Waals surface area (Å²) in [5.41, 5.74) is 2.28. The van der Waals surface area contributed by atoms with E-state index in [1.54, 1.807) is 12.3 Å². The van der Waals surface area contributed by atoms with E-state index in [2.05, 4.69) is 10.3 Å². The average molecular weight is 316 g/mol. The van der Waals surface area contributed by atoms with Crippen molar-refractivity contribution in [2.75, 3.05) is 18.4 Å². The Labute approximate surface area is 135 Å². The Morgan fingerprint density at radius 1 is 1.00 bits per heavy atom. The van der Waals surface area contributed by atoms with Gasteiger partial charge < -0.3 is 10.2 Å². The molecule has 1 aromatic heterocycles. The van der Waals surface area contributed by atoms with Gasteiger partial charge >= 0.3 is 0 Å². The normalized spacial score (nSPS) is 14.7. The number of anilines is 2. The minimum Gasteiger partial charge on any atom is -0.354 e. The first-order valence-electron chi connectivity index (χ1n) is 7.50. The van der Waals surface area contributed by atoms with Crippen LogP contribution in [0, 0.1) is 0 Å². The molecular weight excluding hydrogens is 298 g/mol. The molecule has 4 nitrogen and oxygen atoms in total. The second kappa shape index (κ2) is 6.79. The number of aromatic nitrogens is 1. The summed E-state index contributed by atoms with van der Waals surface area (Å²) in [6.45, 7) is 1.68. The van der Waals surface area contributed by atoms with Gasteiger partial charge in [-0.1, -0.05) is 11.6 Å². The van der Waals surface area contributed by atoms with E-state index in [0.717, 1.165) is 37.3 Å². The lowest BCUT2D eigenvalue weighted by Gasteiger charge is -2.26. The summed E-state index contributed by atoms with van der Waals surface area (Å²) in [6, 6.07) is 11.1. The number of nitrogens with zero attached hydrogens (tertiary/aromatic N) is 2. The summed E-state index contributed by atoms with van der Waals surface area (Å²) in [4.78, 5) is 18.5. The number of carbonyl (C=O) groups excluding carboxylic acids is 1. The first kappa shape index (κ1) is 14.9. The third-order valence-corrected chi connectivity index (χ3v) is 4.01. The van der Waals surface area contributed by atoms with E-state index in [1.807, 2.05) is 35.2 Å². The van der Waals surface area contributed by atoms with E-state index >= 15 is 0 Å². The Balaban J connectivity index is 1.66. The molecule has 1 aliphatic heterocycles. The number of amides is 1. The molecule has 5 heteroatoms. The van der Waals surface area contributed by atoms with Crippen LogP contribution < -0.4 is 5.32 Å².